The van der Waals surface area contributed by atoms with Gasteiger partial charge in [-0.2, -0.15) is 0 Å². The minimum atomic E-state index is 0. The Kier molecular flexibility index (Phi) is 22.2. The minimum absolute atomic E-state index is 0. The van der Waals surface area contributed by atoms with Gasteiger partial charge >= 0.3 is 0 Å². The van der Waals surface area contributed by atoms with E-state index >= 15 is 0 Å². The molecule has 3 heteroatoms. The number of aryl methyl sites for hydroxylation is 1. The van der Waals surface area contributed by atoms with Crippen molar-refractivity contribution in [3.63, 3.8) is 0 Å². The molecule has 0 spiro atoms. The first kappa shape index (κ1) is 29.6. The standard InChI is InChI=1S/C21H38N.C7H8O.ClH/c1-2-3-4-5-6-7-8-9-10-11-12-13-14-16-19-22-20-17-15-18-21-22;8-6-7-4-2-1-3-5-7;/h15,17-18,20-21H,2-14,16,19H2,1H3;1-5,8H,6H2;1H/q+1;;/p-1. The van der Waals surface area contributed by atoms with E-state index in [-0.39, 0.29) is 19.0 Å². The highest BCUT2D eigenvalue weighted by Gasteiger charge is 1.98. The maximum atomic E-state index is 8.54. The molecule has 1 heterocycles. The SMILES string of the molecule is CCCCCCCCCCCCCCCC[n+]1ccccc1.OCc1ccccc1.[Cl-]. The lowest BCUT2D eigenvalue weighted by Gasteiger charge is -2.02. The summed E-state index contributed by atoms with van der Waals surface area (Å²) in [5, 5.41) is 8.54. The Morgan fingerprint density at radius 1 is 0.581 bits per heavy atom. The molecule has 31 heavy (non-hydrogen) atoms. The number of benzene rings is 1. The van der Waals surface area contributed by atoms with Crippen LogP contribution in [0.3, 0.4) is 0 Å². The van der Waals surface area contributed by atoms with E-state index in [9.17, 15) is 0 Å². The normalized spacial score (nSPS) is 10.1. The van der Waals surface area contributed by atoms with Gasteiger partial charge in [0.05, 0.1) is 6.61 Å². The molecule has 0 saturated heterocycles. The van der Waals surface area contributed by atoms with Crippen molar-refractivity contribution >= 4 is 0 Å². The van der Waals surface area contributed by atoms with Crippen molar-refractivity contribution in [1.29, 1.82) is 0 Å². The molecule has 2 rings (SSSR count). The maximum Gasteiger partial charge on any atom is 0.168 e. The number of pyridine rings is 1. The van der Waals surface area contributed by atoms with Crippen molar-refractivity contribution in [2.24, 2.45) is 0 Å². The second kappa shape index (κ2) is 23.3. The average molecular weight is 448 g/mol. The molecule has 1 aromatic heterocycles. The number of nitrogens with zero attached hydrogens (tertiary/aromatic N) is 1. The highest BCUT2D eigenvalue weighted by molar-refractivity contribution is 5.12. The molecule has 0 bridgehead atoms. The zero-order valence-electron chi connectivity index (χ0n) is 19.9. The lowest BCUT2D eigenvalue weighted by Crippen LogP contribution is -3.00. The summed E-state index contributed by atoms with van der Waals surface area (Å²) >= 11 is 0. The summed E-state index contributed by atoms with van der Waals surface area (Å²) in [7, 11) is 0. The van der Waals surface area contributed by atoms with Gasteiger partial charge in [-0.25, -0.2) is 4.57 Å². The van der Waals surface area contributed by atoms with Gasteiger partial charge in [-0.15, -0.1) is 0 Å². The largest absolute Gasteiger partial charge is 1.00 e. The van der Waals surface area contributed by atoms with E-state index < -0.39 is 0 Å². The number of hydrogen-bond acceptors (Lipinski definition) is 1. The van der Waals surface area contributed by atoms with Gasteiger partial charge in [-0.1, -0.05) is 120 Å². The molecule has 0 saturated carbocycles. The first-order valence-electron chi connectivity index (χ1n) is 12.5. The summed E-state index contributed by atoms with van der Waals surface area (Å²) in [5.41, 5.74) is 0.965. The first-order valence-corrected chi connectivity index (χ1v) is 12.5. The van der Waals surface area contributed by atoms with Crippen LogP contribution < -0.4 is 17.0 Å². The fourth-order valence-corrected chi connectivity index (χ4v) is 3.66. The van der Waals surface area contributed by atoms with Crippen LogP contribution in [0, 0.1) is 0 Å². The van der Waals surface area contributed by atoms with Gasteiger partial charge in [-0.05, 0) is 12.0 Å². The van der Waals surface area contributed by atoms with E-state index in [2.05, 4.69) is 42.1 Å². The van der Waals surface area contributed by atoms with Gasteiger partial charge in [0.25, 0.3) is 0 Å². The van der Waals surface area contributed by atoms with Crippen LogP contribution >= 0.6 is 0 Å². The number of aliphatic hydroxyl groups is 1. The van der Waals surface area contributed by atoms with Crippen molar-refractivity contribution in [1.82, 2.24) is 0 Å². The summed E-state index contributed by atoms with van der Waals surface area (Å²) in [6.07, 6.45) is 24.4. The van der Waals surface area contributed by atoms with Crippen LogP contribution in [0.25, 0.3) is 0 Å². The summed E-state index contributed by atoms with van der Waals surface area (Å²) in [6, 6.07) is 15.8. The molecular weight excluding hydrogens is 402 g/mol. The molecular formula is C28H46ClNO. The van der Waals surface area contributed by atoms with Crippen molar-refractivity contribution < 1.29 is 22.1 Å². The Morgan fingerprint density at radius 2 is 1.00 bits per heavy atom. The van der Waals surface area contributed by atoms with E-state index in [1.165, 1.54) is 96.4 Å². The molecule has 2 nitrogen and oxygen atoms in total. The zero-order valence-corrected chi connectivity index (χ0v) is 20.6. The molecule has 0 amide bonds. The fraction of sp³-hybridized carbons (Fsp3) is 0.607. The smallest absolute Gasteiger partial charge is 0.168 e. The van der Waals surface area contributed by atoms with Crippen LogP contribution in [-0.4, -0.2) is 5.11 Å². The molecule has 176 valence electrons. The van der Waals surface area contributed by atoms with E-state index in [1.54, 1.807) is 0 Å². The maximum absolute atomic E-state index is 8.54. The number of aromatic nitrogens is 1. The van der Waals surface area contributed by atoms with Gasteiger partial charge in [-0.3, -0.25) is 0 Å². The van der Waals surface area contributed by atoms with E-state index in [0.717, 1.165) is 5.56 Å². The molecule has 2 aromatic rings. The van der Waals surface area contributed by atoms with Crippen LogP contribution in [-0.2, 0) is 13.2 Å². The number of rotatable bonds is 16. The monoisotopic (exact) mass is 447 g/mol. The molecule has 0 aliphatic heterocycles. The molecule has 0 fully saturated rings. The van der Waals surface area contributed by atoms with Crippen LogP contribution in [0.4, 0.5) is 0 Å². The van der Waals surface area contributed by atoms with Crippen LogP contribution in [0.2, 0.25) is 0 Å². The third-order valence-corrected chi connectivity index (χ3v) is 5.57. The number of hydrogen-bond donors (Lipinski definition) is 1. The van der Waals surface area contributed by atoms with Gasteiger partial charge in [0.1, 0.15) is 6.54 Å². The molecule has 0 radical (unpaired) electrons. The lowest BCUT2D eigenvalue weighted by atomic mass is 10.0. The van der Waals surface area contributed by atoms with Crippen LogP contribution in [0.15, 0.2) is 60.9 Å². The average Bonchev–Trinajstić information content (AvgIpc) is 2.81. The van der Waals surface area contributed by atoms with Crippen LogP contribution in [0.1, 0.15) is 102 Å². The highest BCUT2D eigenvalue weighted by Crippen LogP contribution is 2.12. The van der Waals surface area contributed by atoms with E-state index in [4.69, 9.17) is 5.11 Å². The zero-order chi connectivity index (χ0) is 21.5. The third-order valence-electron chi connectivity index (χ3n) is 5.57. The fourth-order valence-electron chi connectivity index (χ4n) is 3.66. The molecule has 0 aliphatic carbocycles. The second-order valence-corrected chi connectivity index (χ2v) is 8.35. The molecule has 0 unspecified atom stereocenters. The molecule has 1 aromatic carbocycles. The number of aliphatic hydroxyl groups excluding tert-OH is 1. The molecule has 1 N–H and O–H groups in total. The Morgan fingerprint density at radius 3 is 1.42 bits per heavy atom. The Bertz CT molecular complexity index is 576. The van der Waals surface area contributed by atoms with Gasteiger partial charge in [0.2, 0.25) is 0 Å². The lowest BCUT2D eigenvalue weighted by molar-refractivity contribution is -0.697. The Labute approximate surface area is 198 Å². The first-order chi connectivity index (χ1) is 14.9. The van der Waals surface area contributed by atoms with Crippen molar-refractivity contribution in [3.05, 3.63) is 66.5 Å². The summed E-state index contributed by atoms with van der Waals surface area (Å²) < 4.78 is 2.29. The van der Waals surface area contributed by atoms with Crippen molar-refractivity contribution in [2.45, 2.75) is 110 Å². The quantitative estimate of drug-likeness (QED) is 0.294. The van der Waals surface area contributed by atoms with Crippen LogP contribution in [0.5, 0.6) is 0 Å². The summed E-state index contributed by atoms with van der Waals surface area (Å²) in [5.74, 6) is 0. The van der Waals surface area contributed by atoms with E-state index in [1.807, 2.05) is 30.3 Å². The number of unbranched alkanes of at least 4 members (excludes halogenated alkanes) is 13. The topological polar surface area (TPSA) is 24.1 Å². The molecule has 0 atom stereocenters. The minimum Gasteiger partial charge on any atom is -1.00 e. The van der Waals surface area contributed by atoms with Gasteiger partial charge < -0.3 is 17.5 Å². The van der Waals surface area contributed by atoms with E-state index in [0.29, 0.717) is 0 Å². The summed E-state index contributed by atoms with van der Waals surface area (Å²) in [4.78, 5) is 0. The predicted octanol–water partition coefficient (Wildman–Crippen LogP) is 4.64. The number of halogens is 1. The molecule has 0 aliphatic rings. The Balaban J connectivity index is 0.000000838. The van der Waals surface area contributed by atoms with Crippen molar-refractivity contribution in [3.8, 4) is 0 Å². The van der Waals surface area contributed by atoms with Crippen molar-refractivity contribution in [2.75, 3.05) is 0 Å². The second-order valence-electron chi connectivity index (χ2n) is 8.35. The third kappa shape index (κ3) is 19.1. The van der Waals surface area contributed by atoms with Gasteiger partial charge in [0, 0.05) is 18.6 Å². The predicted molar refractivity (Wildman–Crippen MR) is 129 cm³/mol. The highest BCUT2D eigenvalue weighted by atomic mass is 35.5. The van der Waals surface area contributed by atoms with Gasteiger partial charge in [0.15, 0.2) is 12.4 Å². The Hall–Kier alpha value is -1.38. The summed E-state index contributed by atoms with van der Waals surface area (Å²) in [6.45, 7) is 3.61.